The van der Waals surface area contributed by atoms with E-state index < -0.39 is 0 Å². The number of halogens is 1. The molecule has 0 aromatic heterocycles. The number of aryl methyl sites for hydroxylation is 2. The van der Waals surface area contributed by atoms with Crippen molar-refractivity contribution in [2.45, 2.75) is 33.3 Å². The molecule has 0 unspecified atom stereocenters. The van der Waals surface area contributed by atoms with Crippen LogP contribution in [0.4, 0.5) is 5.69 Å². The summed E-state index contributed by atoms with van der Waals surface area (Å²) in [6.45, 7) is 4.35. The summed E-state index contributed by atoms with van der Waals surface area (Å²) < 4.78 is 12.1. The third-order valence-electron chi connectivity index (χ3n) is 5.16. The SMILES string of the molecule is COc1cc(C=NNC(=O)CCC(=O)Nc2ccccc2C)cc(Br)c1OCc1ccc(C)cc1. The first-order chi connectivity index (χ1) is 16.9. The predicted octanol–water partition coefficient (Wildman–Crippen LogP) is 5.52. The van der Waals surface area contributed by atoms with Crippen molar-refractivity contribution in [1.29, 1.82) is 0 Å². The molecule has 0 bridgehead atoms. The second kappa shape index (κ2) is 12.7. The summed E-state index contributed by atoms with van der Waals surface area (Å²) in [6, 6.07) is 19.2. The first-order valence-electron chi connectivity index (χ1n) is 11.1. The summed E-state index contributed by atoms with van der Waals surface area (Å²) in [5.74, 6) is 0.527. The quantitative estimate of drug-likeness (QED) is 0.263. The molecule has 2 N–H and O–H groups in total. The highest BCUT2D eigenvalue weighted by atomic mass is 79.9. The molecular formula is C27H28BrN3O4. The van der Waals surface area contributed by atoms with E-state index in [-0.39, 0.29) is 24.7 Å². The van der Waals surface area contributed by atoms with Gasteiger partial charge in [0, 0.05) is 18.5 Å². The highest BCUT2D eigenvalue weighted by Gasteiger charge is 2.12. The van der Waals surface area contributed by atoms with E-state index in [4.69, 9.17) is 9.47 Å². The van der Waals surface area contributed by atoms with Crippen molar-refractivity contribution in [3.8, 4) is 11.5 Å². The average Bonchev–Trinajstić information content (AvgIpc) is 2.84. The zero-order valence-corrected chi connectivity index (χ0v) is 21.5. The van der Waals surface area contributed by atoms with Crippen LogP contribution in [0, 0.1) is 13.8 Å². The molecule has 0 atom stereocenters. The minimum Gasteiger partial charge on any atom is -0.493 e. The molecular weight excluding hydrogens is 510 g/mol. The topological polar surface area (TPSA) is 89.0 Å². The van der Waals surface area contributed by atoms with Crippen molar-refractivity contribution in [1.82, 2.24) is 5.43 Å². The lowest BCUT2D eigenvalue weighted by molar-refractivity contribution is -0.124. The van der Waals surface area contributed by atoms with E-state index in [2.05, 4.69) is 31.8 Å². The number of amides is 2. The Morgan fingerprint density at radius 1 is 1.00 bits per heavy atom. The number of hydrogen-bond donors (Lipinski definition) is 2. The van der Waals surface area contributed by atoms with Crippen molar-refractivity contribution in [2.75, 3.05) is 12.4 Å². The number of carbonyl (C=O) groups is 2. The number of ether oxygens (including phenoxy) is 2. The number of carbonyl (C=O) groups excluding carboxylic acids is 2. The van der Waals surface area contributed by atoms with Gasteiger partial charge in [-0.3, -0.25) is 9.59 Å². The summed E-state index contributed by atoms with van der Waals surface area (Å²) in [5, 5.41) is 6.80. The van der Waals surface area contributed by atoms with Gasteiger partial charge in [0.15, 0.2) is 11.5 Å². The minimum absolute atomic E-state index is 0.0217. The van der Waals surface area contributed by atoms with Crippen molar-refractivity contribution in [3.05, 3.63) is 87.4 Å². The van der Waals surface area contributed by atoms with E-state index >= 15 is 0 Å². The molecule has 0 aliphatic carbocycles. The maximum absolute atomic E-state index is 12.1. The molecule has 0 aliphatic heterocycles. The Labute approximate surface area is 213 Å². The normalized spacial score (nSPS) is 10.7. The second-order valence-electron chi connectivity index (χ2n) is 7.96. The summed E-state index contributed by atoms with van der Waals surface area (Å²) >= 11 is 3.52. The van der Waals surface area contributed by atoms with Crippen molar-refractivity contribution < 1.29 is 19.1 Å². The maximum Gasteiger partial charge on any atom is 0.240 e. The molecule has 0 heterocycles. The number of benzene rings is 3. The van der Waals surface area contributed by atoms with Gasteiger partial charge < -0.3 is 14.8 Å². The Hall–Kier alpha value is -3.65. The van der Waals surface area contributed by atoms with Crippen molar-refractivity contribution in [2.24, 2.45) is 5.10 Å². The van der Waals surface area contributed by atoms with E-state index in [0.717, 1.165) is 16.8 Å². The number of anilines is 1. The van der Waals surface area contributed by atoms with Crippen LogP contribution < -0.4 is 20.2 Å². The summed E-state index contributed by atoms with van der Waals surface area (Å²) in [7, 11) is 1.56. The number of nitrogens with zero attached hydrogens (tertiary/aromatic N) is 1. The van der Waals surface area contributed by atoms with Crippen LogP contribution in [0.2, 0.25) is 0 Å². The fourth-order valence-corrected chi connectivity index (χ4v) is 3.76. The van der Waals surface area contributed by atoms with Gasteiger partial charge in [-0.15, -0.1) is 0 Å². The zero-order valence-electron chi connectivity index (χ0n) is 19.9. The van der Waals surface area contributed by atoms with E-state index in [9.17, 15) is 9.59 Å². The largest absolute Gasteiger partial charge is 0.493 e. The van der Waals surface area contributed by atoms with Crippen LogP contribution >= 0.6 is 15.9 Å². The van der Waals surface area contributed by atoms with Gasteiger partial charge in [-0.1, -0.05) is 48.0 Å². The van der Waals surface area contributed by atoms with Gasteiger partial charge in [0.2, 0.25) is 11.8 Å². The number of para-hydroxylation sites is 1. The lowest BCUT2D eigenvalue weighted by Crippen LogP contribution is -2.20. The molecule has 182 valence electrons. The number of methoxy groups -OCH3 is 1. The van der Waals surface area contributed by atoms with Crippen LogP contribution in [0.15, 0.2) is 70.2 Å². The Balaban J connectivity index is 1.52. The first-order valence-corrected chi connectivity index (χ1v) is 11.9. The van der Waals surface area contributed by atoms with Gasteiger partial charge >= 0.3 is 0 Å². The molecule has 0 saturated heterocycles. The molecule has 0 spiro atoms. The summed E-state index contributed by atoms with van der Waals surface area (Å²) in [6.07, 6.45) is 1.58. The van der Waals surface area contributed by atoms with Crippen LogP contribution in [0.5, 0.6) is 11.5 Å². The maximum atomic E-state index is 12.1. The highest BCUT2D eigenvalue weighted by molar-refractivity contribution is 9.10. The summed E-state index contributed by atoms with van der Waals surface area (Å²) in [4.78, 5) is 24.2. The van der Waals surface area contributed by atoms with Gasteiger partial charge in [-0.05, 0) is 64.7 Å². The molecule has 8 heteroatoms. The second-order valence-corrected chi connectivity index (χ2v) is 8.82. The Morgan fingerprint density at radius 2 is 1.71 bits per heavy atom. The lowest BCUT2D eigenvalue weighted by Gasteiger charge is -2.13. The Bertz CT molecular complexity index is 1210. The molecule has 35 heavy (non-hydrogen) atoms. The molecule has 3 rings (SSSR count). The zero-order chi connectivity index (χ0) is 25.2. The van der Waals surface area contributed by atoms with Crippen molar-refractivity contribution in [3.63, 3.8) is 0 Å². The molecule has 0 radical (unpaired) electrons. The fourth-order valence-electron chi connectivity index (χ4n) is 3.18. The Morgan fingerprint density at radius 3 is 2.43 bits per heavy atom. The number of hydrogen-bond acceptors (Lipinski definition) is 5. The van der Waals surface area contributed by atoms with E-state index in [1.165, 1.54) is 11.8 Å². The molecule has 3 aromatic rings. The van der Waals surface area contributed by atoms with Gasteiger partial charge in [0.05, 0.1) is 17.8 Å². The average molecular weight is 538 g/mol. The summed E-state index contributed by atoms with van der Waals surface area (Å²) in [5.41, 5.74) is 7.08. The first kappa shape index (κ1) is 26.0. The van der Waals surface area contributed by atoms with Crippen LogP contribution in [0.1, 0.15) is 35.1 Å². The third kappa shape index (κ3) is 7.96. The van der Waals surface area contributed by atoms with Crippen LogP contribution in [-0.2, 0) is 16.2 Å². The van der Waals surface area contributed by atoms with Gasteiger partial charge in [-0.25, -0.2) is 5.43 Å². The van der Waals surface area contributed by atoms with Crippen LogP contribution in [0.3, 0.4) is 0 Å². The molecule has 0 saturated carbocycles. The number of hydrazone groups is 1. The van der Waals surface area contributed by atoms with E-state index in [1.807, 2.05) is 68.4 Å². The molecule has 7 nitrogen and oxygen atoms in total. The molecule has 0 fully saturated rings. The monoisotopic (exact) mass is 537 g/mol. The Kier molecular flexibility index (Phi) is 9.43. The van der Waals surface area contributed by atoms with E-state index in [0.29, 0.717) is 28.1 Å². The number of nitrogens with one attached hydrogen (secondary N) is 2. The van der Waals surface area contributed by atoms with Gasteiger partial charge in [0.1, 0.15) is 6.61 Å². The van der Waals surface area contributed by atoms with E-state index in [1.54, 1.807) is 13.2 Å². The van der Waals surface area contributed by atoms with Crippen LogP contribution in [-0.4, -0.2) is 25.1 Å². The smallest absolute Gasteiger partial charge is 0.240 e. The van der Waals surface area contributed by atoms with Gasteiger partial charge in [-0.2, -0.15) is 5.10 Å². The standard InChI is InChI=1S/C27H28BrN3O4/c1-18-8-10-20(11-9-18)17-35-27-22(28)14-21(15-24(27)34-3)16-29-31-26(33)13-12-25(32)30-23-7-5-4-6-19(23)2/h4-11,14-16H,12-13,17H2,1-3H3,(H,30,32)(H,31,33). The molecule has 3 aromatic carbocycles. The molecule has 2 amide bonds. The molecule has 0 aliphatic rings. The fraction of sp³-hybridized carbons (Fsp3) is 0.222. The lowest BCUT2D eigenvalue weighted by atomic mass is 10.2. The number of rotatable bonds is 10. The third-order valence-corrected chi connectivity index (χ3v) is 5.75. The highest BCUT2D eigenvalue weighted by Crippen LogP contribution is 2.36. The van der Waals surface area contributed by atoms with Crippen molar-refractivity contribution >= 4 is 39.6 Å². The minimum atomic E-state index is -0.356. The predicted molar refractivity (Wildman–Crippen MR) is 141 cm³/mol. The van der Waals surface area contributed by atoms with Gasteiger partial charge in [0.25, 0.3) is 0 Å². The van der Waals surface area contributed by atoms with Crippen LogP contribution in [0.25, 0.3) is 0 Å².